The summed E-state index contributed by atoms with van der Waals surface area (Å²) in [6, 6.07) is 0. The van der Waals surface area contributed by atoms with Crippen molar-refractivity contribution in [3.63, 3.8) is 0 Å². The molecule has 3 N–H and O–H groups in total. The molecule has 16 heavy (non-hydrogen) atoms. The highest BCUT2D eigenvalue weighted by molar-refractivity contribution is 7.15. The maximum Gasteiger partial charge on any atom is 0.222 e. The Hall–Kier alpha value is -1.14. The molecule has 0 atom stereocenters. The molecule has 6 heteroatoms. The van der Waals surface area contributed by atoms with Crippen LogP contribution in [0.5, 0.6) is 0 Å². The van der Waals surface area contributed by atoms with Crippen molar-refractivity contribution in [3.05, 3.63) is 11.1 Å². The van der Waals surface area contributed by atoms with Gasteiger partial charge in [-0.3, -0.25) is 10.2 Å². The number of nitrogens with one attached hydrogen (secondary N) is 1. The first-order valence-corrected chi connectivity index (χ1v) is 6.30. The first-order valence-electron chi connectivity index (χ1n) is 5.48. The summed E-state index contributed by atoms with van der Waals surface area (Å²) < 4.78 is 0. The van der Waals surface area contributed by atoms with Gasteiger partial charge in [0.25, 0.3) is 0 Å². The van der Waals surface area contributed by atoms with Gasteiger partial charge >= 0.3 is 0 Å². The molecule has 0 saturated carbocycles. The number of carbonyl (C=O) groups excluding carboxylic acids is 1. The predicted molar refractivity (Wildman–Crippen MR) is 63.8 cm³/mol. The Balaban J connectivity index is 1.99. The van der Waals surface area contributed by atoms with Gasteiger partial charge in [0.15, 0.2) is 5.13 Å². The quantitative estimate of drug-likeness (QED) is 0.617. The van der Waals surface area contributed by atoms with Crippen LogP contribution in [-0.4, -0.2) is 22.3 Å². The molecule has 2 heterocycles. The average Bonchev–Trinajstić information content (AvgIpc) is 2.65. The van der Waals surface area contributed by atoms with Crippen molar-refractivity contribution in [2.45, 2.75) is 32.2 Å². The van der Waals surface area contributed by atoms with Gasteiger partial charge in [0.05, 0.1) is 6.54 Å². The number of nitrogens with zero attached hydrogens (tertiary/aromatic N) is 2. The Kier molecular flexibility index (Phi) is 3.74. The third-order valence-corrected chi connectivity index (χ3v) is 3.61. The van der Waals surface area contributed by atoms with E-state index in [1.165, 1.54) is 11.3 Å². The molecule has 0 radical (unpaired) electrons. The number of hydrogen-bond donors (Lipinski definition) is 2. The molecule has 1 aliphatic rings. The fourth-order valence-electron chi connectivity index (χ4n) is 1.84. The molecule has 0 spiro atoms. The number of rotatable bonds is 3. The van der Waals surface area contributed by atoms with Crippen molar-refractivity contribution >= 4 is 22.4 Å². The lowest BCUT2D eigenvalue weighted by Crippen LogP contribution is -2.29. The summed E-state index contributed by atoms with van der Waals surface area (Å²) in [6.07, 6.45) is 5.74. The second-order valence-electron chi connectivity index (χ2n) is 3.90. The molecule has 0 aliphatic carbocycles. The monoisotopic (exact) mass is 240 g/mol. The summed E-state index contributed by atoms with van der Waals surface area (Å²) in [5.41, 5.74) is 2.51. The molecule has 0 bridgehead atoms. The van der Waals surface area contributed by atoms with Gasteiger partial charge in [0.1, 0.15) is 0 Å². The van der Waals surface area contributed by atoms with E-state index in [2.05, 4.69) is 10.4 Å². The SMILES string of the molecule is NNc1ncc(CN2CCCCCC2=O)s1. The van der Waals surface area contributed by atoms with Crippen LogP contribution in [0.15, 0.2) is 6.20 Å². The largest absolute Gasteiger partial charge is 0.337 e. The van der Waals surface area contributed by atoms with E-state index in [-0.39, 0.29) is 5.91 Å². The summed E-state index contributed by atoms with van der Waals surface area (Å²) in [7, 11) is 0. The van der Waals surface area contributed by atoms with Crippen molar-refractivity contribution in [3.8, 4) is 0 Å². The molecule has 1 fully saturated rings. The fourth-order valence-corrected chi connectivity index (χ4v) is 2.58. The third kappa shape index (κ3) is 2.70. The molecule has 1 aromatic rings. The molecule has 1 saturated heterocycles. The van der Waals surface area contributed by atoms with Gasteiger partial charge in [0.2, 0.25) is 5.91 Å². The Labute approximate surface area is 98.6 Å². The maximum absolute atomic E-state index is 11.8. The number of hydrazine groups is 1. The first-order chi connectivity index (χ1) is 7.79. The number of nitrogens with two attached hydrogens (primary N) is 1. The Morgan fingerprint density at radius 1 is 1.50 bits per heavy atom. The van der Waals surface area contributed by atoms with Crippen molar-refractivity contribution < 1.29 is 4.79 Å². The van der Waals surface area contributed by atoms with E-state index in [0.717, 1.165) is 30.7 Å². The average molecular weight is 240 g/mol. The Bertz CT molecular complexity index is 365. The van der Waals surface area contributed by atoms with E-state index in [0.29, 0.717) is 18.1 Å². The lowest BCUT2D eigenvalue weighted by molar-refractivity contribution is -0.131. The molecule has 2 rings (SSSR count). The van der Waals surface area contributed by atoms with Crippen molar-refractivity contribution in [1.29, 1.82) is 0 Å². The summed E-state index contributed by atoms with van der Waals surface area (Å²) >= 11 is 1.49. The highest BCUT2D eigenvalue weighted by Gasteiger charge is 2.17. The summed E-state index contributed by atoms with van der Waals surface area (Å²) in [4.78, 5) is 18.8. The highest BCUT2D eigenvalue weighted by atomic mass is 32.1. The lowest BCUT2D eigenvalue weighted by Gasteiger charge is -2.19. The van der Waals surface area contributed by atoms with E-state index in [1.54, 1.807) is 6.20 Å². The molecule has 5 nitrogen and oxygen atoms in total. The van der Waals surface area contributed by atoms with Crippen LogP contribution < -0.4 is 11.3 Å². The highest BCUT2D eigenvalue weighted by Crippen LogP contribution is 2.20. The first kappa shape index (κ1) is 11.3. The van der Waals surface area contributed by atoms with E-state index < -0.39 is 0 Å². The molecule has 0 unspecified atom stereocenters. The predicted octanol–water partition coefficient (Wildman–Crippen LogP) is 1.33. The molecule has 0 aromatic carbocycles. The van der Waals surface area contributed by atoms with E-state index in [1.807, 2.05) is 4.90 Å². The minimum Gasteiger partial charge on any atom is -0.337 e. The van der Waals surface area contributed by atoms with Gasteiger partial charge < -0.3 is 4.90 Å². The van der Waals surface area contributed by atoms with Crippen molar-refractivity contribution in [2.75, 3.05) is 12.0 Å². The number of aromatic nitrogens is 1. The van der Waals surface area contributed by atoms with E-state index >= 15 is 0 Å². The number of carbonyl (C=O) groups is 1. The van der Waals surface area contributed by atoms with Crippen LogP contribution in [0.4, 0.5) is 5.13 Å². The van der Waals surface area contributed by atoms with Crippen LogP contribution in [-0.2, 0) is 11.3 Å². The molecular weight excluding hydrogens is 224 g/mol. The molecule has 1 amide bonds. The van der Waals surface area contributed by atoms with E-state index in [4.69, 9.17) is 5.84 Å². The third-order valence-electron chi connectivity index (χ3n) is 2.70. The summed E-state index contributed by atoms with van der Waals surface area (Å²) in [6.45, 7) is 1.53. The standard InChI is InChI=1S/C10H16N4OS/c11-13-10-12-6-8(16-10)7-14-5-3-1-2-4-9(14)15/h6H,1-5,7,11H2,(H,12,13). The second kappa shape index (κ2) is 5.27. The smallest absolute Gasteiger partial charge is 0.222 e. The van der Waals surface area contributed by atoms with Gasteiger partial charge in [-0.2, -0.15) is 0 Å². The number of nitrogen functional groups attached to an aromatic ring is 1. The van der Waals surface area contributed by atoms with Crippen LogP contribution in [0.25, 0.3) is 0 Å². The number of likely N-dealkylation sites (tertiary alicyclic amines) is 1. The zero-order valence-electron chi connectivity index (χ0n) is 9.11. The van der Waals surface area contributed by atoms with E-state index in [9.17, 15) is 4.79 Å². The van der Waals surface area contributed by atoms with Gasteiger partial charge in [0, 0.05) is 24.0 Å². The topological polar surface area (TPSA) is 71.2 Å². The zero-order valence-corrected chi connectivity index (χ0v) is 9.92. The molecule has 88 valence electrons. The fraction of sp³-hybridized carbons (Fsp3) is 0.600. The molecule has 1 aromatic heterocycles. The van der Waals surface area contributed by atoms with Crippen LogP contribution in [0.2, 0.25) is 0 Å². The lowest BCUT2D eigenvalue weighted by atomic mass is 10.2. The van der Waals surface area contributed by atoms with Gasteiger partial charge in [-0.15, -0.1) is 0 Å². The summed E-state index contributed by atoms with van der Waals surface area (Å²) in [5, 5.41) is 0.692. The normalized spacial score (nSPS) is 17.3. The Morgan fingerprint density at radius 3 is 3.12 bits per heavy atom. The minimum atomic E-state index is 0.258. The Morgan fingerprint density at radius 2 is 2.38 bits per heavy atom. The number of amides is 1. The molecular formula is C10H16N4OS. The number of thiazole rings is 1. The van der Waals surface area contributed by atoms with Crippen LogP contribution in [0.1, 0.15) is 30.6 Å². The van der Waals surface area contributed by atoms with Crippen molar-refractivity contribution in [1.82, 2.24) is 9.88 Å². The van der Waals surface area contributed by atoms with Gasteiger partial charge in [-0.1, -0.05) is 17.8 Å². The van der Waals surface area contributed by atoms with Gasteiger partial charge in [-0.25, -0.2) is 10.8 Å². The van der Waals surface area contributed by atoms with Crippen LogP contribution >= 0.6 is 11.3 Å². The molecule has 1 aliphatic heterocycles. The summed E-state index contributed by atoms with van der Waals surface area (Å²) in [5.74, 6) is 5.52. The maximum atomic E-state index is 11.8. The minimum absolute atomic E-state index is 0.258. The van der Waals surface area contributed by atoms with Crippen molar-refractivity contribution in [2.24, 2.45) is 5.84 Å². The van der Waals surface area contributed by atoms with Crippen LogP contribution in [0.3, 0.4) is 0 Å². The number of anilines is 1. The second-order valence-corrected chi connectivity index (χ2v) is 5.02. The zero-order chi connectivity index (χ0) is 11.4. The number of hydrogen-bond acceptors (Lipinski definition) is 5. The van der Waals surface area contributed by atoms with Crippen LogP contribution in [0, 0.1) is 0 Å². The van der Waals surface area contributed by atoms with Gasteiger partial charge in [-0.05, 0) is 12.8 Å².